The molecule has 0 amide bonds. The Hall–Kier alpha value is -0.650. The van der Waals surface area contributed by atoms with Crippen molar-refractivity contribution < 1.29 is 8.78 Å². The summed E-state index contributed by atoms with van der Waals surface area (Å²) in [5, 5.41) is 3.15. The largest absolute Gasteiger partial charge is 0.313 e. The van der Waals surface area contributed by atoms with Crippen LogP contribution in [0.25, 0.3) is 0 Å². The molecular formula is C16H26F2N2S. The Morgan fingerprint density at radius 2 is 1.86 bits per heavy atom. The van der Waals surface area contributed by atoms with Gasteiger partial charge in [0.05, 0.1) is 0 Å². The summed E-state index contributed by atoms with van der Waals surface area (Å²) in [6.07, 6.45) is 4.04. The van der Waals surface area contributed by atoms with Crippen molar-refractivity contribution in [3.8, 4) is 0 Å². The van der Waals surface area contributed by atoms with E-state index in [0.717, 1.165) is 31.2 Å². The van der Waals surface area contributed by atoms with E-state index in [2.05, 4.69) is 30.4 Å². The number of thioether (sulfide) groups is 1. The molecule has 0 fully saturated rings. The molecule has 5 heteroatoms. The number of halogens is 2. The van der Waals surface area contributed by atoms with Crippen LogP contribution in [-0.2, 0) is 0 Å². The standard InChI is InChI=1S/C16H26F2N2S/c1-5-15(11-21-4)20(3)7-6-16(19-2)12-8-13(17)10-14(18)9-12/h8-10,15-16,19H,5-7,11H2,1-4H3. The quantitative estimate of drug-likeness (QED) is 0.748. The maximum Gasteiger partial charge on any atom is 0.126 e. The van der Waals surface area contributed by atoms with E-state index in [-0.39, 0.29) is 6.04 Å². The molecule has 0 saturated carbocycles. The van der Waals surface area contributed by atoms with Crippen molar-refractivity contribution in [1.29, 1.82) is 0 Å². The van der Waals surface area contributed by atoms with Gasteiger partial charge in [0.25, 0.3) is 0 Å². The van der Waals surface area contributed by atoms with Crippen molar-refractivity contribution in [3.63, 3.8) is 0 Å². The monoisotopic (exact) mass is 316 g/mol. The Morgan fingerprint density at radius 1 is 1.24 bits per heavy atom. The molecule has 1 aromatic rings. The third-order valence-corrected chi connectivity index (χ3v) is 4.58. The van der Waals surface area contributed by atoms with Gasteiger partial charge < -0.3 is 10.2 Å². The number of hydrogen-bond donors (Lipinski definition) is 1. The van der Waals surface area contributed by atoms with Crippen molar-refractivity contribution in [2.45, 2.75) is 31.8 Å². The van der Waals surface area contributed by atoms with Crippen LogP contribution in [0.5, 0.6) is 0 Å². The number of nitrogens with one attached hydrogen (secondary N) is 1. The molecule has 0 spiro atoms. The first-order valence-corrected chi connectivity index (χ1v) is 8.73. The lowest BCUT2D eigenvalue weighted by atomic mass is 10.0. The zero-order chi connectivity index (χ0) is 15.8. The van der Waals surface area contributed by atoms with E-state index in [1.807, 2.05) is 18.8 Å². The highest BCUT2D eigenvalue weighted by Crippen LogP contribution is 2.20. The Balaban J connectivity index is 2.65. The van der Waals surface area contributed by atoms with E-state index in [1.165, 1.54) is 12.1 Å². The first-order chi connectivity index (χ1) is 10.0. The van der Waals surface area contributed by atoms with Crippen LogP contribution in [0, 0.1) is 11.6 Å². The van der Waals surface area contributed by atoms with Gasteiger partial charge in [-0.25, -0.2) is 8.78 Å². The van der Waals surface area contributed by atoms with Gasteiger partial charge in [-0.1, -0.05) is 6.92 Å². The van der Waals surface area contributed by atoms with Crippen molar-refractivity contribution >= 4 is 11.8 Å². The summed E-state index contributed by atoms with van der Waals surface area (Å²) in [6.45, 7) is 3.08. The predicted molar refractivity (Wildman–Crippen MR) is 87.9 cm³/mol. The van der Waals surface area contributed by atoms with E-state index in [9.17, 15) is 8.78 Å². The highest BCUT2D eigenvalue weighted by atomic mass is 32.2. The SMILES string of the molecule is CCC(CSC)N(C)CCC(NC)c1cc(F)cc(F)c1. The molecule has 0 aliphatic rings. The van der Waals surface area contributed by atoms with Crippen LogP contribution in [0.3, 0.4) is 0 Å². The van der Waals surface area contributed by atoms with Crippen LogP contribution < -0.4 is 5.32 Å². The summed E-state index contributed by atoms with van der Waals surface area (Å²) in [7, 11) is 3.94. The van der Waals surface area contributed by atoms with Crippen molar-refractivity contribution in [2.75, 3.05) is 32.6 Å². The molecule has 2 unspecified atom stereocenters. The Bertz CT molecular complexity index is 408. The van der Waals surface area contributed by atoms with Gasteiger partial charge in [-0.2, -0.15) is 11.8 Å². The summed E-state index contributed by atoms with van der Waals surface area (Å²) in [5.74, 6) is 0.0612. The van der Waals surface area contributed by atoms with Gasteiger partial charge in [-0.3, -0.25) is 0 Å². The second-order valence-corrected chi connectivity index (χ2v) is 6.24. The first kappa shape index (κ1) is 18.4. The maximum atomic E-state index is 13.3. The topological polar surface area (TPSA) is 15.3 Å². The second kappa shape index (κ2) is 9.38. The number of rotatable bonds is 9. The molecular weight excluding hydrogens is 290 g/mol. The average Bonchev–Trinajstić information content (AvgIpc) is 2.44. The van der Waals surface area contributed by atoms with Gasteiger partial charge in [0.15, 0.2) is 0 Å². The van der Waals surface area contributed by atoms with Crippen LogP contribution in [0.4, 0.5) is 8.78 Å². The molecule has 2 nitrogen and oxygen atoms in total. The van der Waals surface area contributed by atoms with E-state index in [4.69, 9.17) is 0 Å². The van der Waals surface area contributed by atoms with Crippen LogP contribution in [0.15, 0.2) is 18.2 Å². The van der Waals surface area contributed by atoms with Gasteiger partial charge in [0.1, 0.15) is 11.6 Å². The zero-order valence-electron chi connectivity index (χ0n) is 13.3. The van der Waals surface area contributed by atoms with Gasteiger partial charge in [-0.15, -0.1) is 0 Å². The number of nitrogens with zero attached hydrogens (tertiary/aromatic N) is 1. The van der Waals surface area contributed by atoms with Gasteiger partial charge in [0, 0.05) is 23.9 Å². The highest BCUT2D eigenvalue weighted by Gasteiger charge is 2.16. The molecule has 0 radical (unpaired) electrons. The minimum Gasteiger partial charge on any atom is -0.313 e. The fourth-order valence-corrected chi connectivity index (χ4v) is 3.39. The normalized spacial score (nSPS) is 14.4. The van der Waals surface area contributed by atoms with Gasteiger partial charge in [0.2, 0.25) is 0 Å². The van der Waals surface area contributed by atoms with Crippen molar-refractivity contribution in [3.05, 3.63) is 35.4 Å². The third kappa shape index (κ3) is 5.93. The minimum absolute atomic E-state index is 0.0376. The molecule has 0 bridgehead atoms. The third-order valence-electron chi connectivity index (χ3n) is 3.86. The van der Waals surface area contributed by atoms with Gasteiger partial charge >= 0.3 is 0 Å². The molecule has 0 aliphatic carbocycles. The number of benzene rings is 1. The molecule has 1 aromatic carbocycles. The maximum absolute atomic E-state index is 13.3. The molecule has 0 aromatic heterocycles. The minimum atomic E-state index is -0.521. The van der Waals surface area contributed by atoms with Crippen LogP contribution in [0.1, 0.15) is 31.4 Å². The van der Waals surface area contributed by atoms with E-state index < -0.39 is 11.6 Å². The summed E-state index contributed by atoms with van der Waals surface area (Å²) in [5.41, 5.74) is 0.668. The van der Waals surface area contributed by atoms with E-state index in [1.54, 1.807) is 0 Å². The van der Waals surface area contributed by atoms with Crippen LogP contribution in [-0.4, -0.2) is 43.6 Å². The van der Waals surface area contributed by atoms with E-state index in [0.29, 0.717) is 11.6 Å². The zero-order valence-corrected chi connectivity index (χ0v) is 14.1. The van der Waals surface area contributed by atoms with Crippen molar-refractivity contribution in [1.82, 2.24) is 10.2 Å². The summed E-state index contributed by atoms with van der Waals surface area (Å²) < 4.78 is 26.7. The fraction of sp³-hybridized carbons (Fsp3) is 0.625. The lowest BCUT2D eigenvalue weighted by Gasteiger charge is -2.28. The summed E-state index contributed by atoms with van der Waals surface area (Å²) in [6, 6.07) is 4.23. The summed E-state index contributed by atoms with van der Waals surface area (Å²) in [4.78, 5) is 2.33. The average molecular weight is 316 g/mol. The van der Waals surface area contributed by atoms with Crippen molar-refractivity contribution in [2.24, 2.45) is 0 Å². The fourth-order valence-electron chi connectivity index (χ4n) is 2.52. The second-order valence-electron chi connectivity index (χ2n) is 5.33. The summed E-state index contributed by atoms with van der Waals surface area (Å²) >= 11 is 1.85. The first-order valence-electron chi connectivity index (χ1n) is 7.34. The molecule has 0 saturated heterocycles. The van der Waals surface area contributed by atoms with E-state index >= 15 is 0 Å². The Kier molecular flexibility index (Phi) is 8.22. The molecule has 2 atom stereocenters. The highest BCUT2D eigenvalue weighted by molar-refractivity contribution is 7.98. The lowest BCUT2D eigenvalue weighted by molar-refractivity contribution is 0.242. The molecule has 1 N–H and O–H groups in total. The van der Waals surface area contributed by atoms with Crippen LogP contribution >= 0.6 is 11.8 Å². The molecule has 0 heterocycles. The predicted octanol–water partition coefficient (Wildman–Crippen LogP) is 3.69. The lowest BCUT2D eigenvalue weighted by Crippen LogP contribution is -2.35. The van der Waals surface area contributed by atoms with Gasteiger partial charge in [-0.05, 0) is 57.4 Å². The smallest absolute Gasteiger partial charge is 0.126 e. The molecule has 0 aliphatic heterocycles. The molecule has 21 heavy (non-hydrogen) atoms. The molecule has 1 rings (SSSR count). The number of hydrogen-bond acceptors (Lipinski definition) is 3. The Morgan fingerprint density at radius 3 is 2.33 bits per heavy atom. The van der Waals surface area contributed by atoms with Crippen LogP contribution in [0.2, 0.25) is 0 Å². The Labute approximate surface area is 131 Å². The molecule has 120 valence electrons.